The van der Waals surface area contributed by atoms with Gasteiger partial charge in [0.25, 0.3) is 0 Å². The first-order valence-corrected chi connectivity index (χ1v) is 9.41. The first kappa shape index (κ1) is 16.1. The maximum absolute atomic E-state index is 13.6. The van der Waals surface area contributed by atoms with Gasteiger partial charge in [-0.15, -0.1) is 11.3 Å². The van der Waals surface area contributed by atoms with Crippen LogP contribution in [-0.2, 0) is 27.8 Å². The number of hydrogen-bond donors (Lipinski definition) is 1. The number of nitrogens with one attached hydrogen (secondary N) is 1. The number of carbonyl (C=O) groups is 1. The van der Waals surface area contributed by atoms with Gasteiger partial charge in [0.05, 0.1) is 6.54 Å². The molecule has 122 valence electrons. The number of thiophene rings is 1. The van der Waals surface area contributed by atoms with Gasteiger partial charge in [-0.2, -0.15) is 0 Å². The molecule has 1 aromatic heterocycles. The van der Waals surface area contributed by atoms with Crippen molar-refractivity contribution in [3.05, 3.63) is 52.0 Å². The number of halogens is 1. The van der Waals surface area contributed by atoms with Gasteiger partial charge < -0.3 is 4.90 Å². The number of amides is 1. The Morgan fingerprint density at radius 1 is 1.30 bits per heavy atom. The zero-order chi connectivity index (χ0) is 16.4. The molecule has 1 amide bonds. The lowest BCUT2D eigenvalue weighted by atomic mass is 10.1. The minimum atomic E-state index is -4.04. The molecule has 2 aromatic rings. The summed E-state index contributed by atoms with van der Waals surface area (Å²) in [6.45, 7) is 0.670. The summed E-state index contributed by atoms with van der Waals surface area (Å²) in [5, 5.41) is 1.99. The van der Waals surface area contributed by atoms with Crippen LogP contribution >= 0.6 is 11.3 Å². The number of carbonyl (C=O) groups excluding carboxylic acids is 1. The predicted molar refractivity (Wildman–Crippen MR) is 85.0 cm³/mol. The van der Waals surface area contributed by atoms with Crippen molar-refractivity contribution < 1.29 is 17.6 Å². The smallest absolute Gasteiger partial charge is 0.243 e. The summed E-state index contributed by atoms with van der Waals surface area (Å²) < 4.78 is 39.9. The maximum atomic E-state index is 13.6. The molecule has 0 spiro atoms. The average Bonchev–Trinajstić information content (AvgIpc) is 3.00. The van der Waals surface area contributed by atoms with Gasteiger partial charge in [0, 0.05) is 18.0 Å². The van der Waals surface area contributed by atoms with E-state index in [9.17, 15) is 17.6 Å². The summed E-state index contributed by atoms with van der Waals surface area (Å²) >= 11 is 1.66. The van der Waals surface area contributed by atoms with Gasteiger partial charge >= 0.3 is 0 Å². The fourth-order valence-corrected chi connectivity index (χ4v) is 4.41. The summed E-state index contributed by atoms with van der Waals surface area (Å²) in [5.74, 6) is -1.16. The second-order valence-electron chi connectivity index (χ2n) is 5.19. The van der Waals surface area contributed by atoms with E-state index in [4.69, 9.17) is 0 Å². The molecule has 0 bridgehead atoms. The lowest BCUT2D eigenvalue weighted by Gasteiger charge is -2.27. The van der Waals surface area contributed by atoms with Crippen LogP contribution in [0.4, 0.5) is 4.39 Å². The molecule has 0 aliphatic carbocycles. The van der Waals surface area contributed by atoms with E-state index in [0.717, 1.165) is 18.1 Å². The first-order valence-electron chi connectivity index (χ1n) is 7.04. The molecule has 23 heavy (non-hydrogen) atoms. The van der Waals surface area contributed by atoms with Crippen molar-refractivity contribution in [1.82, 2.24) is 9.62 Å². The van der Waals surface area contributed by atoms with E-state index in [1.54, 1.807) is 16.2 Å². The van der Waals surface area contributed by atoms with Gasteiger partial charge in [0.1, 0.15) is 10.7 Å². The summed E-state index contributed by atoms with van der Waals surface area (Å²) in [6, 6.07) is 7.05. The van der Waals surface area contributed by atoms with E-state index < -0.39 is 20.7 Å². The molecule has 0 saturated carbocycles. The highest BCUT2D eigenvalue weighted by molar-refractivity contribution is 7.89. The molecule has 0 unspecified atom stereocenters. The van der Waals surface area contributed by atoms with E-state index in [2.05, 4.69) is 4.72 Å². The number of benzene rings is 1. The van der Waals surface area contributed by atoms with Crippen LogP contribution in [0.25, 0.3) is 0 Å². The van der Waals surface area contributed by atoms with Crippen molar-refractivity contribution in [1.29, 1.82) is 0 Å². The molecular weight excluding hydrogens is 339 g/mol. The summed E-state index contributed by atoms with van der Waals surface area (Å²) in [6.07, 6.45) is 0.777. The molecule has 0 fully saturated rings. The first-order chi connectivity index (χ1) is 11.0. The number of fused-ring (bicyclic) bond motifs is 1. The number of rotatable bonds is 4. The lowest BCUT2D eigenvalue weighted by Crippen LogP contribution is -2.42. The zero-order valence-corrected chi connectivity index (χ0v) is 13.8. The molecule has 2 heterocycles. The molecule has 0 saturated heterocycles. The van der Waals surface area contributed by atoms with Crippen molar-refractivity contribution in [2.75, 3.05) is 13.1 Å². The quantitative estimate of drug-likeness (QED) is 0.910. The topological polar surface area (TPSA) is 66.5 Å². The molecule has 0 radical (unpaired) electrons. The van der Waals surface area contributed by atoms with Crippen molar-refractivity contribution >= 4 is 27.3 Å². The highest BCUT2D eigenvalue weighted by Gasteiger charge is 2.24. The fraction of sp³-hybridized carbons (Fsp3) is 0.267. The van der Waals surface area contributed by atoms with Crippen LogP contribution in [0, 0.1) is 5.82 Å². The molecule has 1 aromatic carbocycles. The third kappa shape index (κ3) is 3.44. The van der Waals surface area contributed by atoms with Gasteiger partial charge in [-0.3, -0.25) is 4.79 Å². The molecule has 5 nitrogen and oxygen atoms in total. The largest absolute Gasteiger partial charge is 0.337 e. The second-order valence-corrected chi connectivity index (χ2v) is 7.93. The third-order valence-electron chi connectivity index (χ3n) is 3.70. The van der Waals surface area contributed by atoms with Gasteiger partial charge in [0.2, 0.25) is 15.9 Å². The van der Waals surface area contributed by atoms with Gasteiger partial charge in [0.15, 0.2) is 0 Å². The van der Waals surface area contributed by atoms with Crippen molar-refractivity contribution in [2.45, 2.75) is 17.9 Å². The Bertz CT molecular complexity index is 833. The zero-order valence-electron chi connectivity index (χ0n) is 12.2. The minimum Gasteiger partial charge on any atom is -0.337 e. The van der Waals surface area contributed by atoms with Crippen LogP contribution in [0.2, 0.25) is 0 Å². The van der Waals surface area contributed by atoms with E-state index >= 15 is 0 Å². The Morgan fingerprint density at radius 2 is 2.09 bits per heavy atom. The molecule has 1 aliphatic heterocycles. The van der Waals surface area contributed by atoms with Crippen LogP contribution in [-0.4, -0.2) is 32.3 Å². The summed E-state index contributed by atoms with van der Waals surface area (Å²) in [7, 11) is -4.04. The Morgan fingerprint density at radius 3 is 2.87 bits per heavy atom. The summed E-state index contributed by atoms with van der Waals surface area (Å²) in [4.78, 5) is 14.6. The van der Waals surface area contributed by atoms with Gasteiger partial charge in [-0.1, -0.05) is 12.1 Å². The number of sulfonamides is 1. The molecule has 1 aliphatic rings. The van der Waals surface area contributed by atoms with E-state index in [0.29, 0.717) is 13.1 Å². The average molecular weight is 354 g/mol. The van der Waals surface area contributed by atoms with Crippen LogP contribution in [0.15, 0.2) is 40.6 Å². The maximum Gasteiger partial charge on any atom is 0.243 e. The molecule has 3 rings (SSSR count). The van der Waals surface area contributed by atoms with Crippen LogP contribution < -0.4 is 4.72 Å². The molecule has 8 heteroatoms. The van der Waals surface area contributed by atoms with Crippen LogP contribution in [0.1, 0.15) is 10.4 Å². The monoisotopic (exact) mass is 354 g/mol. The van der Waals surface area contributed by atoms with Crippen molar-refractivity contribution in [3.63, 3.8) is 0 Å². The Balaban J connectivity index is 1.64. The molecule has 1 N–H and O–H groups in total. The lowest BCUT2D eigenvalue weighted by molar-refractivity contribution is -0.130. The van der Waals surface area contributed by atoms with Crippen LogP contribution in [0.3, 0.4) is 0 Å². The molecular formula is C15H15FN2O3S2. The Kier molecular flexibility index (Phi) is 4.47. The number of hydrogen-bond acceptors (Lipinski definition) is 4. The van der Waals surface area contributed by atoms with Crippen LogP contribution in [0.5, 0.6) is 0 Å². The molecule has 0 atom stereocenters. The number of nitrogens with zero attached hydrogens (tertiary/aromatic N) is 1. The highest BCUT2D eigenvalue weighted by Crippen LogP contribution is 2.24. The minimum absolute atomic E-state index is 0.318. The Hall–Kier alpha value is -1.77. The van der Waals surface area contributed by atoms with Gasteiger partial charge in [-0.25, -0.2) is 17.5 Å². The fourth-order valence-electron chi connectivity index (χ4n) is 2.47. The van der Waals surface area contributed by atoms with E-state index in [1.807, 2.05) is 11.4 Å². The van der Waals surface area contributed by atoms with Crippen molar-refractivity contribution in [3.8, 4) is 0 Å². The van der Waals surface area contributed by atoms with Crippen molar-refractivity contribution in [2.24, 2.45) is 0 Å². The predicted octanol–water partition coefficient (Wildman–Crippen LogP) is 1.75. The van der Waals surface area contributed by atoms with E-state index in [1.165, 1.54) is 23.1 Å². The second kappa shape index (κ2) is 6.38. The third-order valence-corrected chi connectivity index (χ3v) is 6.16. The van der Waals surface area contributed by atoms with E-state index in [-0.39, 0.29) is 12.5 Å². The highest BCUT2D eigenvalue weighted by atomic mass is 32.2. The Labute approximate surface area is 137 Å². The standard InChI is InChI=1S/C15H15FN2O3S2/c16-12-3-1-2-4-14(12)23(20,21)17-9-15(19)18-7-5-13-11(10-18)6-8-22-13/h1-4,6,8,17H,5,7,9-10H2. The summed E-state index contributed by atoms with van der Waals surface area (Å²) in [5.41, 5.74) is 1.10. The SMILES string of the molecule is O=C(CNS(=O)(=O)c1ccccc1F)N1CCc2sccc2C1. The normalized spacial score (nSPS) is 14.6. The van der Waals surface area contributed by atoms with Gasteiger partial charge in [-0.05, 0) is 35.6 Å².